The molecule has 0 atom stereocenters. The van der Waals surface area contributed by atoms with Crippen molar-refractivity contribution in [1.29, 1.82) is 0 Å². The topological polar surface area (TPSA) is 64.4 Å². The van der Waals surface area contributed by atoms with Crippen LogP contribution >= 0.6 is 0 Å². The molecule has 27 heavy (non-hydrogen) atoms. The Balaban J connectivity index is 1.56. The third-order valence-electron chi connectivity index (χ3n) is 4.01. The van der Waals surface area contributed by atoms with E-state index < -0.39 is 0 Å². The van der Waals surface area contributed by atoms with E-state index in [9.17, 15) is 9.18 Å². The molecule has 6 heteroatoms. The minimum Gasteiger partial charge on any atom is -0.494 e. The summed E-state index contributed by atoms with van der Waals surface area (Å²) in [4.78, 5) is 12.3. The summed E-state index contributed by atoms with van der Waals surface area (Å²) in [5, 5.41) is 6.65. The minimum absolute atomic E-state index is 0.186. The van der Waals surface area contributed by atoms with E-state index in [0.29, 0.717) is 29.2 Å². The maximum atomic E-state index is 13.8. The number of rotatable bonds is 8. The first-order valence-electron chi connectivity index (χ1n) is 8.89. The second-order valence-corrected chi connectivity index (χ2v) is 6.07. The van der Waals surface area contributed by atoms with E-state index in [1.165, 1.54) is 6.07 Å². The molecule has 0 aliphatic rings. The zero-order valence-corrected chi connectivity index (χ0v) is 15.1. The van der Waals surface area contributed by atoms with Gasteiger partial charge in [-0.3, -0.25) is 4.79 Å². The van der Waals surface area contributed by atoms with Crippen LogP contribution in [0.4, 0.5) is 4.39 Å². The van der Waals surface area contributed by atoms with E-state index in [4.69, 9.17) is 9.26 Å². The molecule has 0 radical (unpaired) electrons. The van der Waals surface area contributed by atoms with Crippen molar-refractivity contribution in [1.82, 2.24) is 10.5 Å². The van der Waals surface area contributed by atoms with E-state index in [1.54, 1.807) is 48.5 Å². The van der Waals surface area contributed by atoms with Gasteiger partial charge in [0.1, 0.15) is 17.3 Å². The molecule has 0 bridgehead atoms. The number of aromatic nitrogens is 1. The maximum absolute atomic E-state index is 13.8. The van der Waals surface area contributed by atoms with Gasteiger partial charge in [-0.05, 0) is 42.8 Å². The van der Waals surface area contributed by atoms with Gasteiger partial charge >= 0.3 is 0 Å². The first kappa shape index (κ1) is 18.6. The number of hydrogen-bond acceptors (Lipinski definition) is 4. The van der Waals surface area contributed by atoms with Crippen LogP contribution in [0.2, 0.25) is 0 Å². The SMILES string of the molecule is CCCCOc1ccc(C(=O)NCc2cc(-c3ccccc3F)on2)cc1. The first-order valence-corrected chi connectivity index (χ1v) is 8.89. The van der Waals surface area contributed by atoms with Crippen molar-refractivity contribution in [2.24, 2.45) is 0 Å². The molecule has 1 aromatic heterocycles. The van der Waals surface area contributed by atoms with Gasteiger partial charge in [0.25, 0.3) is 5.91 Å². The largest absolute Gasteiger partial charge is 0.494 e. The molecule has 0 unspecified atom stereocenters. The van der Waals surface area contributed by atoms with E-state index >= 15 is 0 Å². The fourth-order valence-corrected chi connectivity index (χ4v) is 2.49. The van der Waals surface area contributed by atoms with Gasteiger partial charge < -0.3 is 14.6 Å². The molecule has 0 aliphatic heterocycles. The van der Waals surface area contributed by atoms with Crippen LogP contribution in [0.15, 0.2) is 59.1 Å². The number of halogens is 1. The van der Waals surface area contributed by atoms with Crippen molar-refractivity contribution in [2.45, 2.75) is 26.3 Å². The number of hydrogen-bond donors (Lipinski definition) is 1. The van der Waals surface area contributed by atoms with Crippen molar-refractivity contribution in [3.8, 4) is 17.1 Å². The molecule has 1 heterocycles. The van der Waals surface area contributed by atoms with Crippen LogP contribution in [0.5, 0.6) is 5.75 Å². The molecule has 0 saturated carbocycles. The highest BCUT2D eigenvalue weighted by Crippen LogP contribution is 2.23. The fourth-order valence-electron chi connectivity index (χ4n) is 2.49. The molecule has 5 nitrogen and oxygen atoms in total. The predicted molar refractivity (Wildman–Crippen MR) is 99.9 cm³/mol. The number of benzene rings is 2. The summed E-state index contributed by atoms with van der Waals surface area (Å²) in [7, 11) is 0. The number of amides is 1. The number of carbonyl (C=O) groups is 1. The van der Waals surface area contributed by atoms with Crippen LogP contribution in [0.1, 0.15) is 35.8 Å². The third-order valence-corrected chi connectivity index (χ3v) is 4.01. The summed E-state index contributed by atoms with van der Waals surface area (Å²) in [6.07, 6.45) is 2.07. The molecule has 0 saturated heterocycles. The molecular weight excluding hydrogens is 347 g/mol. The molecule has 0 fully saturated rings. The van der Waals surface area contributed by atoms with Gasteiger partial charge in [-0.2, -0.15) is 0 Å². The van der Waals surface area contributed by atoms with Crippen molar-refractivity contribution < 1.29 is 18.4 Å². The molecule has 1 amide bonds. The Morgan fingerprint density at radius 2 is 1.96 bits per heavy atom. The van der Waals surface area contributed by atoms with Crippen LogP contribution in [-0.4, -0.2) is 17.7 Å². The number of unbranched alkanes of at least 4 members (excludes halogenated alkanes) is 1. The summed E-state index contributed by atoms with van der Waals surface area (Å²) in [5.74, 6) is 0.452. The van der Waals surface area contributed by atoms with Crippen molar-refractivity contribution in [2.75, 3.05) is 6.61 Å². The maximum Gasteiger partial charge on any atom is 0.251 e. The minimum atomic E-state index is -0.384. The summed E-state index contributed by atoms with van der Waals surface area (Å²) in [5.41, 5.74) is 1.37. The van der Waals surface area contributed by atoms with Gasteiger partial charge in [0.15, 0.2) is 5.76 Å². The van der Waals surface area contributed by atoms with Crippen LogP contribution in [0.25, 0.3) is 11.3 Å². The molecule has 1 N–H and O–H groups in total. The molecular formula is C21H21FN2O3. The van der Waals surface area contributed by atoms with Gasteiger partial charge in [0.2, 0.25) is 0 Å². The van der Waals surface area contributed by atoms with Crippen LogP contribution in [-0.2, 0) is 6.54 Å². The second-order valence-electron chi connectivity index (χ2n) is 6.07. The lowest BCUT2D eigenvalue weighted by Crippen LogP contribution is -2.22. The van der Waals surface area contributed by atoms with Gasteiger partial charge in [-0.15, -0.1) is 0 Å². The van der Waals surface area contributed by atoms with E-state index in [2.05, 4.69) is 17.4 Å². The Hall–Kier alpha value is -3.15. The lowest BCUT2D eigenvalue weighted by atomic mass is 10.1. The standard InChI is InChI=1S/C21H21FN2O3/c1-2-3-12-26-17-10-8-15(9-11-17)21(25)23-14-16-13-20(27-24-16)18-6-4-5-7-19(18)22/h4-11,13H,2-3,12,14H2,1H3,(H,23,25). The summed E-state index contributed by atoms with van der Waals surface area (Å²) >= 11 is 0. The monoisotopic (exact) mass is 368 g/mol. The second kappa shape index (κ2) is 8.98. The van der Waals surface area contributed by atoms with Gasteiger partial charge in [-0.1, -0.05) is 30.6 Å². The molecule has 0 aliphatic carbocycles. The van der Waals surface area contributed by atoms with Gasteiger partial charge in [0.05, 0.1) is 18.7 Å². The first-order chi connectivity index (χ1) is 13.2. The summed E-state index contributed by atoms with van der Waals surface area (Å²) in [6, 6.07) is 14.9. The quantitative estimate of drug-likeness (QED) is 0.591. The smallest absolute Gasteiger partial charge is 0.251 e. The molecule has 0 spiro atoms. The highest BCUT2D eigenvalue weighted by molar-refractivity contribution is 5.94. The molecule has 2 aromatic carbocycles. The number of nitrogens with one attached hydrogen (secondary N) is 1. The predicted octanol–water partition coefficient (Wildman–Crippen LogP) is 4.59. The van der Waals surface area contributed by atoms with E-state index in [0.717, 1.165) is 18.6 Å². The number of carbonyl (C=O) groups excluding carboxylic acids is 1. The Labute approximate surface area is 157 Å². The normalized spacial score (nSPS) is 10.6. The third kappa shape index (κ3) is 4.94. The molecule has 140 valence electrons. The van der Waals surface area contributed by atoms with E-state index in [1.807, 2.05) is 0 Å². The van der Waals surface area contributed by atoms with Crippen molar-refractivity contribution in [3.63, 3.8) is 0 Å². The number of ether oxygens (including phenoxy) is 1. The lowest BCUT2D eigenvalue weighted by Gasteiger charge is -2.07. The van der Waals surface area contributed by atoms with Crippen molar-refractivity contribution >= 4 is 5.91 Å². The Morgan fingerprint density at radius 1 is 1.19 bits per heavy atom. The Kier molecular flexibility index (Phi) is 6.20. The summed E-state index contributed by atoms with van der Waals surface area (Å²) < 4.78 is 24.5. The zero-order chi connectivity index (χ0) is 19.1. The summed E-state index contributed by atoms with van der Waals surface area (Å²) in [6.45, 7) is 2.95. The van der Waals surface area contributed by atoms with Gasteiger partial charge in [-0.25, -0.2) is 4.39 Å². The highest BCUT2D eigenvalue weighted by Gasteiger charge is 2.12. The fraction of sp³-hybridized carbons (Fsp3) is 0.238. The Bertz CT molecular complexity index is 890. The lowest BCUT2D eigenvalue weighted by molar-refractivity contribution is 0.0950. The van der Waals surface area contributed by atoms with Crippen LogP contribution in [0.3, 0.4) is 0 Å². The van der Waals surface area contributed by atoms with Crippen molar-refractivity contribution in [3.05, 3.63) is 71.7 Å². The Morgan fingerprint density at radius 3 is 2.70 bits per heavy atom. The zero-order valence-electron chi connectivity index (χ0n) is 15.1. The van der Waals surface area contributed by atoms with Gasteiger partial charge in [0, 0.05) is 11.6 Å². The van der Waals surface area contributed by atoms with Crippen LogP contribution < -0.4 is 10.1 Å². The van der Waals surface area contributed by atoms with Crippen LogP contribution in [0, 0.1) is 5.82 Å². The number of nitrogens with zero attached hydrogens (tertiary/aromatic N) is 1. The van der Waals surface area contributed by atoms with E-state index in [-0.39, 0.29) is 18.3 Å². The molecule has 3 aromatic rings. The average molecular weight is 368 g/mol. The molecule has 3 rings (SSSR count). The average Bonchev–Trinajstić information content (AvgIpc) is 3.16. The highest BCUT2D eigenvalue weighted by atomic mass is 19.1.